The second-order valence-corrected chi connectivity index (χ2v) is 4.29. The van der Waals surface area contributed by atoms with E-state index in [1.807, 2.05) is 17.9 Å². The molecule has 1 aromatic heterocycles. The molecule has 2 rings (SSSR count). The average Bonchev–Trinajstić information content (AvgIpc) is 2.74. The summed E-state index contributed by atoms with van der Waals surface area (Å²) >= 11 is 0. The van der Waals surface area contributed by atoms with Gasteiger partial charge in [0.2, 0.25) is 0 Å². The van der Waals surface area contributed by atoms with Crippen LogP contribution in [-0.2, 0) is 11.8 Å². The first-order valence-corrected chi connectivity index (χ1v) is 5.78. The van der Waals surface area contributed by atoms with Crippen molar-refractivity contribution in [1.29, 1.82) is 0 Å². The topological polar surface area (TPSA) is 56.3 Å². The second-order valence-electron chi connectivity index (χ2n) is 4.29. The highest BCUT2D eigenvalue weighted by Crippen LogP contribution is 2.15. The van der Waals surface area contributed by atoms with Crippen molar-refractivity contribution in [3.63, 3.8) is 0 Å². The number of aromatic nitrogens is 2. The van der Waals surface area contributed by atoms with E-state index in [4.69, 9.17) is 10.5 Å². The van der Waals surface area contributed by atoms with Gasteiger partial charge < -0.3 is 10.5 Å². The monoisotopic (exact) mass is 224 g/mol. The highest BCUT2D eigenvalue weighted by atomic mass is 16.5. The fraction of sp³-hybridized carbons (Fsp3) is 0.727. The highest BCUT2D eigenvalue weighted by Gasteiger charge is 2.18. The Bertz CT molecular complexity index is 320. The summed E-state index contributed by atoms with van der Waals surface area (Å²) in [5.74, 6) is 0.381. The van der Waals surface area contributed by atoms with Crippen LogP contribution in [0.3, 0.4) is 0 Å². The normalized spacial score (nSPS) is 19.9. The Morgan fingerprint density at radius 2 is 2.25 bits per heavy atom. The van der Waals surface area contributed by atoms with Gasteiger partial charge in [0.1, 0.15) is 0 Å². The van der Waals surface area contributed by atoms with Gasteiger partial charge in [0.25, 0.3) is 0 Å². The van der Waals surface area contributed by atoms with Crippen LogP contribution in [0.2, 0.25) is 0 Å². The molecule has 2 N–H and O–H groups in total. The third kappa shape index (κ3) is 2.81. The molecule has 1 fully saturated rings. The smallest absolute Gasteiger partial charge is 0.0594 e. The van der Waals surface area contributed by atoms with E-state index in [9.17, 15) is 0 Å². The van der Waals surface area contributed by atoms with Gasteiger partial charge in [-0.1, -0.05) is 0 Å². The summed E-state index contributed by atoms with van der Waals surface area (Å²) in [6, 6.07) is 0. The average molecular weight is 224 g/mol. The van der Waals surface area contributed by atoms with Gasteiger partial charge in [-0.2, -0.15) is 5.10 Å². The lowest BCUT2D eigenvalue weighted by atomic mass is 10.0. The van der Waals surface area contributed by atoms with Crippen molar-refractivity contribution in [2.24, 2.45) is 12.8 Å². The molecule has 90 valence electrons. The van der Waals surface area contributed by atoms with E-state index in [0.717, 1.165) is 32.8 Å². The SMILES string of the molecule is Cn1cc(C(CN)CN2CCOCC2)cn1. The Kier molecular flexibility index (Phi) is 3.93. The molecule has 5 nitrogen and oxygen atoms in total. The fourth-order valence-corrected chi connectivity index (χ4v) is 2.06. The van der Waals surface area contributed by atoms with E-state index in [0.29, 0.717) is 12.5 Å². The lowest BCUT2D eigenvalue weighted by Crippen LogP contribution is -2.40. The standard InChI is InChI=1S/C11H20N4O/c1-14-8-11(7-13-14)10(6-12)9-15-2-4-16-5-3-15/h7-8,10H,2-6,9,12H2,1H3. The molecule has 1 saturated heterocycles. The molecule has 16 heavy (non-hydrogen) atoms. The zero-order chi connectivity index (χ0) is 11.4. The van der Waals surface area contributed by atoms with Gasteiger partial charge in [0.05, 0.1) is 19.4 Å². The van der Waals surface area contributed by atoms with Crippen LogP contribution < -0.4 is 5.73 Å². The molecular formula is C11H20N4O. The van der Waals surface area contributed by atoms with Crippen LogP contribution in [0.4, 0.5) is 0 Å². The molecule has 1 aliphatic rings. The van der Waals surface area contributed by atoms with Gasteiger partial charge in [0, 0.05) is 45.3 Å². The van der Waals surface area contributed by atoms with E-state index in [2.05, 4.69) is 16.2 Å². The highest BCUT2D eigenvalue weighted by molar-refractivity contribution is 5.12. The largest absolute Gasteiger partial charge is 0.379 e. The predicted molar refractivity (Wildman–Crippen MR) is 62.3 cm³/mol. The summed E-state index contributed by atoms with van der Waals surface area (Å²) in [5, 5.41) is 4.20. The second kappa shape index (κ2) is 5.43. The first-order chi connectivity index (χ1) is 7.79. The van der Waals surface area contributed by atoms with Crippen LogP contribution in [0.1, 0.15) is 11.5 Å². The van der Waals surface area contributed by atoms with Gasteiger partial charge >= 0.3 is 0 Å². The molecule has 0 bridgehead atoms. The van der Waals surface area contributed by atoms with Gasteiger partial charge in [-0.3, -0.25) is 9.58 Å². The Balaban J connectivity index is 1.94. The summed E-state index contributed by atoms with van der Waals surface area (Å²) in [5.41, 5.74) is 7.07. The molecule has 0 aliphatic carbocycles. The van der Waals surface area contributed by atoms with Crippen LogP contribution in [0.5, 0.6) is 0 Å². The van der Waals surface area contributed by atoms with E-state index < -0.39 is 0 Å². The Morgan fingerprint density at radius 3 is 2.81 bits per heavy atom. The Labute approximate surface area is 96.2 Å². The van der Waals surface area contributed by atoms with Crippen molar-refractivity contribution < 1.29 is 4.74 Å². The van der Waals surface area contributed by atoms with Crippen molar-refractivity contribution in [1.82, 2.24) is 14.7 Å². The van der Waals surface area contributed by atoms with Crippen molar-refractivity contribution in [2.75, 3.05) is 39.4 Å². The van der Waals surface area contributed by atoms with Gasteiger partial charge in [-0.25, -0.2) is 0 Å². The Hall–Kier alpha value is -0.910. The number of rotatable bonds is 4. The zero-order valence-corrected chi connectivity index (χ0v) is 9.80. The fourth-order valence-electron chi connectivity index (χ4n) is 2.06. The molecule has 0 aromatic carbocycles. The minimum absolute atomic E-state index is 0.381. The number of nitrogens with two attached hydrogens (primary N) is 1. The van der Waals surface area contributed by atoms with Crippen LogP contribution in [0.25, 0.3) is 0 Å². The number of ether oxygens (including phenoxy) is 1. The first kappa shape index (κ1) is 11.6. The Morgan fingerprint density at radius 1 is 1.50 bits per heavy atom. The molecule has 2 heterocycles. The number of nitrogens with zero attached hydrogens (tertiary/aromatic N) is 3. The van der Waals surface area contributed by atoms with Crippen molar-refractivity contribution >= 4 is 0 Å². The maximum Gasteiger partial charge on any atom is 0.0594 e. The van der Waals surface area contributed by atoms with Gasteiger partial charge in [-0.15, -0.1) is 0 Å². The maximum absolute atomic E-state index is 5.84. The minimum Gasteiger partial charge on any atom is -0.379 e. The number of hydrogen-bond donors (Lipinski definition) is 1. The quantitative estimate of drug-likeness (QED) is 0.769. The summed E-state index contributed by atoms with van der Waals surface area (Å²) < 4.78 is 7.17. The van der Waals surface area contributed by atoms with Crippen molar-refractivity contribution in [3.8, 4) is 0 Å². The van der Waals surface area contributed by atoms with Crippen LogP contribution in [0, 0.1) is 0 Å². The van der Waals surface area contributed by atoms with E-state index in [1.165, 1.54) is 5.56 Å². The summed E-state index contributed by atoms with van der Waals surface area (Å²) in [7, 11) is 1.94. The van der Waals surface area contributed by atoms with Crippen molar-refractivity contribution in [2.45, 2.75) is 5.92 Å². The number of hydrogen-bond acceptors (Lipinski definition) is 4. The van der Waals surface area contributed by atoms with E-state index in [-0.39, 0.29) is 0 Å². The molecule has 1 unspecified atom stereocenters. The molecule has 5 heteroatoms. The number of aryl methyl sites for hydroxylation is 1. The molecule has 0 radical (unpaired) electrons. The third-order valence-corrected chi connectivity index (χ3v) is 3.06. The molecule has 1 atom stereocenters. The molecule has 0 amide bonds. The lowest BCUT2D eigenvalue weighted by molar-refractivity contribution is 0.0353. The van der Waals surface area contributed by atoms with Gasteiger partial charge in [0.15, 0.2) is 0 Å². The zero-order valence-electron chi connectivity index (χ0n) is 9.80. The van der Waals surface area contributed by atoms with Crippen LogP contribution in [-0.4, -0.2) is 54.1 Å². The number of morpholine rings is 1. The molecule has 1 aromatic rings. The van der Waals surface area contributed by atoms with E-state index in [1.54, 1.807) is 0 Å². The predicted octanol–water partition coefficient (Wildman–Crippen LogP) is -0.205. The summed E-state index contributed by atoms with van der Waals surface area (Å²) in [6.45, 7) is 5.37. The lowest BCUT2D eigenvalue weighted by Gasteiger charge is -2.29. The molecule has 1 aliphatic heterocycles. The molecule has 0 spiro atoms. The minimum atomic E-state index is 0.381. The van der Waals surface area contributed by atoms with Crippen LogP contribution in [0.15, 0.2) is 12.4 Å². The van der Waals surface area contributed by atoms with Crippen LogP contribution >= 0.6 is 0 Å². The summed E-state index contributed by atoms with van der Waals surface area (Å²) in [4.78, 5) is 2.41. The molecular weight excluding hydrogens is 204 g/mol. The van der Waals surface area contributed by atoms with E-state index >= 15 is 0 Å². The first-order valence-electron chi connectivity index (χ1n) is 5.78. The molecule has 0 saturated carbocycles. The maximum atomic E-state index is 5.84. The van der Waals surface area contributed by atoms with Crippen molar-refractivity contribution in [3.05, 3.63) is 18.0 Å². The summed E-state index contributed by atoms with van der Waals surface area (Å²) in [6.07, 6.45) is 3.97. The third-order valence-electron chi connectivity index (χ3n) is 3.06. The van der Waals surface area contributed by atoms with Gasteiger partial charge in [-0.05, 0) is 5.56 Å².